The molecule has 112 valence electrons. The van der Waals surface area contributed by atoms with Gasteiger partial charge in [-0.1, -0.05) is 25.9 Å². The first-order chi connectivity index (χ1) is 9.54. The van der Waals surface area contributed by atoms with Gasteiger partial charge in [0.05, 0.1) is 12.0 Å². The number of nitrogens with zero attached hydrogens (tertiary/aromatic N) is 1. The first-order valence-corrected chi connectivity index (χ1v) is 7.42. The lowest BCUT2D eigenvalue weighted by molar-refractivity contribution is -0.131. The van der Waals surface area contributed by atoms with Gasteiger partial charge in [-0.05, 0) is 25.7 Å². The monoisotopic (exact) mass is 280 g/mol. The lowest BCUT2D eigenvalue weighted by Crippen LogP contribution is -2.41. The predicted molar refractivity (Wildman–Crippen MR) is 76.5 cm³/mol. The van der Waals surface area contributed by atoms with E-state index in [2.05, 4.69) is 24.3 Å². The number of rotatable bonds is 4. The van der Waals surface area contributed by atoms with Gasteiger partial charge in [0.25, 0.3) is 0 Å². The maximum absolute atomic E-state index is 12.5. The highest BCUT2D eigenvalue weighted by Crippen LogP contribution is 2.29. The highest BCUT2D eigenvalue weighted by molar-refractivity contribution is 5.94. The van der Waals surface area contributed by atoms with Crippen molar-refractivity contribution in [2.45, 2.75) is 53.1 Å². The van der Waals surface area contributed by atoms with Crippen molar-refractivity contribution in [1.29, 1.82) is 0 Å². The van der Waals surface area contributed by atoms with Crippen LogP contribution in [0, 0.1) is 18.8 Å². The molecule has 2 atom stereocenters. The van der Waals surface area contributed by atoms with Crippen LogP contribution in [0.3, 0.4) is 0 Å². The zero-order chi connectivity index (χ0) is 14.7. The van der Waals surface area contributed by atoms with E-state index in [9.17, 15) is 4.79 Å². The maximum atomic E-state index is 12.5. The Balaban J connectivity index is 2.12. The molecule has 5 nitrogen and oxygen atoms in total. The molecule has 1 saturated heterocycles. The van der Waals surface area contributed by atoms with Gasteiger partial charge in [0, 0.05) is 13.0 Å². The maximum Gasteiger partial charge on any atom is 0.230 e. The molecular formula is C15H24N2O3. The lowest BCUT2D eigenvalue weighted by Gasteiger charge is -2.33. The minimum absolute atomic E-state index is 0.00556. The summed E-state index contributed by atoms with van der Waals surface area (Å²) < 4.78 is 11.0. The standard InChI is InChI=1S/C15H24N2O3/c1-5-12-13(10(4)17-20-12)16-15(18)11-7-6-8-19-14(11)9(2)3/h9,11,14H,5-8H2,1-4H3,(H,16,18)/t11-,14-/m0/s1. The number of ether oxygens (including phenoxy) is 1. The number of nitrogens with one attached hydrogen (secondary N) is 1. The summed E-state index contributed by atoms with van der Waals surface area (Å²) >= 11 is 0. The minimum atomic E-state index is -0.0947. The van der Waals surface area contributed by atoms with Crippen LogP contribution in [0.2, 0.25) is 0 Å². The quantitative estimate of drug-likeness (QED) is 0.921. The number of hydrogen-bond acceptors (Lipinski definition) is 4. The molecule has 1 aliphatic rings. The highest BCUT2D eigenvalue weighted by Gasteiger charge is 2.34. The Bertz CT molecular complexity index is 468. The molecule has 1 amide bonds. The van der Waals surface area contributed by atoms with Gasteiger partial charge >= 0.3 is 0 Å². The van der Waals surface area contributed by atoms with Gasteiger partial charge in [0.2, 0.25) is 5.91 Å². The second-order valence-corrected chi connectivity index (χ2v) is 5.74. The van der Waals surface area contributed by atoms with Crippen LogP contribution in [0.15, 0.2) is 4.52 Å². The number of hydrogen-bond donors (Lipinski definition) is 1. The Kier molecular flexibility index (Phi) is 4.81. The predicted octanol–water partition coefficient (Wildman–Crippen LogP) is 2.94. The molecule has 0 unspecified atom stereocenters. The Labute approximate surface area is 120 Å². The van der Waals surface area contributed by atoms with Crippen molar-refractivity contribution in [1.82, 2.24) is 5.16 Å². The summed E-state index contributed by atoms with van der Waals surface area (Å²) in [6, 6.07) is 0. The smallest absolute Gasteiger partial charge is 0.230 e. The molecule has 1 fully saturated rings. The first-order valence-electron chi connectivity index (χ1n) is 7.42. The number of aryl methyl sites for hydroxylation is 2. The summed E-state index contributed by atoms with van der Waals surface area (Å²) in [5.41, 5.74) is 1.46. The molecule has 2 heterocycles. The molecule has 0 aliphatic carbocycles. The molecule has 5 heteroatoms. The van der Waals surface area contributed by atoms with Gasteiger partial charge in [-0.3, -0.25) is 4.79 Å². The molecule has 0 aromatic carbocycles. The second kappa shape index (κ2) is 6.39. The molecule has 0 saturated carbocycles. The zero-order valence-electron chi connectivity index (χ0n) is 12.7. The zero-order valence-corrected chi connectivity index (χ0v) is 12.7. The lowest BCUT2D eigenvalue weighted by atomic mass is 9.86. The SMILES string of the molecule is CCc1onc(C)c1NC(=O)[C@H]1CCCO[C@H]1C(C)C. The fourth-order valence-corrected chi connectivity index (χ4v) is 2.77. The summed E-state index contributed by atoms with van der Waals surface area (Å²) in [5.74, 6) is 0.987. The average Bonchev–Trinajstić information content (AvgIpc) is 2.79. The van der Waals surface area contributed by atoms with Crippen molar-refractivity contribution >= 4 is 11.6 Å². The van der Waals surface area contributed by atoms with Gasteiger partial charge in [0.1, 0.15) is 11.4 Å². The minimum Gasteiger partial charge on any atom is -0.377 e. The third-order valence-corrected chi connectivity index (χ3v) is 3.86. The summed E-state index contributed by atoms with van der Waals surface area (Å²) in [5, 5.41) is 6.91. The van der Waals surface area contributed by atoms with Crippen LogP contribution in [0.25, 0.3) is 0 Å². The van der Waals surface area contributed by atoms with Crippen LogP contribution in [0.1, 0.15) is 45.1 Å². The molecule has 1 N–H and O–H groups in total. The topological polar surface area (TPSA) is 64.4 Å². The van der Waals surface area contributed by atoms with E-state index in [4.69, 9.17) is 9.26 Å². The largest absolute Gasteiger partial charge is 0.377 e. The van der Waals surface area contributed by atoms with Crippen LogP contribution in [-0.2, 0) is 16.0 Å². The number of carbonyl (C=O) groups is 1. The fraction of sp³-hybridized carbons (Fsp3) is 0.733. The Morgan fingerprint density at radius 2 is 2.25 bits per heavy atom. The van der Waals surface area contributed by atoms with E-state index in [1.165, 1.54) is 0 Å². The second-order valence-electron chi connectivity index (χ2n) is 5.74. The molecule has 0 spiro atoms. The normalized spacial score (nSPS) is 23.1. The van der Waals surface area contributed by atoms with Gasteiger partial charge in [-0.25, -0.2) is 0 Å². The summed E-state index contributed by atoms with van der Waals surface area (Å²) in [7, 11) is 0. The van der Waals surface area contributed by atoms with Crippen molar-refractivity contribution in [2.24, 2.45) is 11.8 Å². The number of carbonyl (C=O) groups excluding carboxylic acids is 1. The fourth-order valence-electron chi connectivity index (χ4n) is 2.77. The Morgan fingerprint density at radius 3 is 2.90 bits per heavy atom. The molecule has 0 radical (unpaired) electrons. The number of aromatic nitrogens is 1. The van der Waals surface area contributed by atoms with Crippen molar-refractivity contribution in [3.8, 4) is 0 Å². The van der Waals surface area contributed by atoms with Gasteiger partial charge in [-0.15, -0.1) is 0 Å². The molecule has 20 heavy (non-hydrogen) atoms. The third-order valence-electron chi connectivity index (χ3n) is 3.86. The van der Waals surface area contributed by atoms with E-state index in [0.29, 0.717) is 12.3 Å². The van der Waals surface area contributed by atoms with E-state index in [0.717, 1.165) is 36.6 Å². The Hall–Kier alpha value is -1.36. The average molecular weight is 280 g/mol. The molecular weight excluding hydrogens is 256 g/mol. The van der Waals surface area contributed by atoms with Crippen molar-refractivity contribution in [3.63, 3.8) is 0 Å². The van der Waals surface area contributed by atoms with E-state index in [1.54, 1.807) is 0 Å². The molecule has 2 rings (SSSR count). The van der Waals surface area contributed by atoms with Crippen LogP contribution >= 0.6 is 0 Å². The van der Waals surface area contributed by atoms with Gasteiger partial charge < -0.3 is 14.6 Å². The van der Waals surface area contributed by atoms with E-state index in [1.807, 2.05) is 13.8 Å². The van der Waals surface area contributed by atoms with Crippen LogP contribution < -0.4 is 5.32 Å². The highest BCUT2D eigenvalue weighted by atomic mass is 16.5. The van der Waals surface area contributed by atoms with Crippen LogP contribution in [0.5, 0.6) is 0 Å². The molecule has 1 aliphatic heterocycles. The van der Waals surface area contributed by atoms with E-state index < -0.39 is 0 Å². The van der Waals surface area contributed by atoms with Crippen molar-refractivity contribution in [3.05, 3.63) is 11.5 Å². The number of amides is 1. The van der Waals surface area contributed by atoms with E-state index in [-0.39, 0.29) is 17.9 Å². The van der Waals surface area contributed by atoms with Crippen molar-refractivity contribution < 1.29 is 14.1 Å². The van der Waals surface area contributed by atoms with Gasteiger partial charge in [0.15, 0.2) is 5.76 Å². The summed E-state index contributed by atoms with van der Waals surface area (Å²) in [6.45, 7) is 8.77. The van der Waals surface area contributed by atoms with Crippen molar-refractivity contribution in [2.75, 3.05) is 11.9 Å². The van der Waals surface area contributed by atoms with Crippen LogP contribution in [-0.4, -0.2) is 23.8 Å². The summed E-state index contributed by atoms with van der Waals surface area (Å²) in [4.78, 5) is 12.5. The first kappa shape index (κ1) is 15.0. The molecule has 1 aromatic heterocycles. The number of anilines is 1. The molecule has 1 aromatic rings. The Morgan fingerprint density at radius 1 is 1.50 bits per heavy atom. The van der Waals surface area contributed by atoms with E-state index >= 15 is 0 Å². The third kappa shape index (κ3) is 3.03. The molecule has 0 bridgehead atoms. The summed E-state index contributed by atoms with van der Waals surface area (Å²) in [6.07, 6.45) is 2.52. The van der Waals surface area contributed by atoms with Gasteiger partial charge in [-0.2, -0.15) is 0 Å². The van der Waals surface area contributed by atoms with Crippen LogP contribution in [0.4, 0.5) is 5.69 Å².